The first-order valence-corrected chi connectivity index (χ1v) is 6.53. The molecule has 0 spiro atoms. The second-order valence-corrected chi connectivity index (χ2v) is 4.32. The van der Waals surface area contributed by atoms with Crippen LogP contribution in [0.4, 0.5) is 0 Å². The second-order valence-electron chi connectivity index (χ2n) is 4.32. The van der Waals surface area contributed by atoms with Crippen molar-refractivity contribution in [2.75, 3.05) is 13.7 Å². The Bertz CT molecular complexity index is 363. The van der Waals surface area contributed by atoms with E-state index in [0.29, 0.717) is 6.42 Å². The normalized spacial score (nSPS) is 12.4. The molecule has 0 aliphatic carbocycles. The number of carbonyl (C=O) groups is 1. The van der Waals surface area contributed by atoms with Crippen molar-refractivity contribution >= 4 is 5.97 Å². The number of rotatable bonds is 8. The fourth-order valence-corrected chi connectivity index (χ4v) is 1.79. The number of methoxy groups -OCH3 is 1. The maximum Gasteiger partial charge on any atom is 0.307 e. The van der Waals surface area contributed by atoms with Gasteiger partial charge in [-0.2, -0.15) is 5.10 Å². The van der Waals surface area contributed by atoms with E-state index in [1.165, 1.54) is 7.11 Å². The molecule has 0 radical (unpaired) electrons. The van der Waals surface area contributed by atoms with E-state index in [-0.39, 0.29) is 12.0 Å². The van der Waals surface area contributed by atoms with Crippen LogP contribution in [0.15, 0.2) is 12.4 Å². The Morgan fingerprint density at radius 1 is 1.50 bits per heavy atom. The van der Waals surface area contributed by atoms with Crippen LogP contribution in [0.2, 0.25) is 0 Å². The molecule has 1 atom stereocenters. The lowest BCUT2D eigenvalue weighted by Gasteiger charge is -2.15. The summed E-state index contributed by atoms with van der Waals surface area (Å²) in [6, 6.07) is -0.0111. The third kappa shape index (κ3) is 4.49. The minimum Gasteiger partial charge on any atom is -0.469 e. The first-order chi connectivity index (χ1) is 8.71. The third-order valence-corrected chi connectivity index (χ3v) is 2.75. The average molecular weight is 253 g/mol. The maximum atomic E-state index is 11.4. The van der Waals surface area contributed by atoms with Gasteiger partial charge < -0.3 is 10.1 Å². The predicted octanol–water partition coefficient (Wildman–Crippen LogP) is 1.90. The maximum absolute atomic E-state index is 11.4. The molecule has 18 heavy (non-hydrogen) atoms. The van der Waals surface area contributed by atoms with Gasteiger partial charge in [0.2, 0.25) is 0 Å². The van der Waals surface area contributed by atoms with Crippen LogP contribution in [0.5, 0.6) is 0 Å². The van der Waals surface area contributed by atoms with Gasteiger partial charge in [0.25, 0.3) is 0 Å². The number of hydrogen-bond donors (Lipinski definition) is 1. The molecule has 102 valence electrons. The molecule has 1 N–H and O–H groups in total. The lowest BCUT2D eigenvalue weighted by atomic mass is 10.1. The Kier molecular flexibility index (Phi) is 6.43. The summed E-state index contributed by atoms with van der Waals surface area (Å²) in [5, 5.41) is 7.64. The van der Waals surface area contributed by atoms with Crippen molar-refractivity contribution in [3.63, 3.8) is 0 Å². The SMILES string of the molecule is CCCNC(CC(=O)OC)c1cnn(CCC)c1. The standard InChI is InChI=1S/C13H23N3O2/c1-4-6-14-12(8-13(17)18-3)11-9-15-16(10-11)7-5-2/h9-10,12,14H,4-8H2,1-3H3. The largest absolute Gasteiger partial charge is 0.469 e. The smallest absolute Gasteiger partial charge is 0.307 e. The number of aromatic nitrogens is 2. The van der Waals surface area contributed by atoms with Crippen molar-refractivity contribution in [3.05, 3.63) is 18.0 Å². The van der Waals surface area contributed by atoms with Gasteiger partial charge >= 0.3 is 5.97 Å². The summed E-state index contributed by atoms with van der Waals surface area (Å²) in [7, 11) is 1.42. The summed E-state index contributed by atoms with van der Waals surface area (Å²) >= 11 is 0. The van der Waals surface area contributed by atoms with Gasteiger partial charge in [-0.1, -0.05) is 13.8 Å². The topological polar surface area (TPSA) is 56.1 Å². The van der Waals surface area contributed by atoms with Gasteiger partial charge in [0.15, 0.2) is 0 Å². The van der Waals surface area contributed by atoms with E-state index in [1.54, 1.807) is 0 Å². The molecule has 0 saturated heterocycles. The summed E-state index contributed by atoms with van der Waals surface area (Å²) in [6.45, 7) is 5.99. The Hall–Kier alpha value is -1.36. The molecule has 1 aromatic rings. The Morgan fingerprint density at radius 2 is 2.28 bits per heavy atom. The van der Waals surface area contributed by atoms with Crippen LogP contribution in [0, 0.1) is 0 Å². The van der Waals surface area contributed by atoms with E-state index in [1.807, 2.05) is 17.1 Å². The zero-order valence-electron chi connectivity index (χ0n) is 11.5. The van der Waals surface area contributed by atoms with Gasteiger partial charge in [0.1, 0.15) is 0 Å². The second kappa shape index (κ2) is 7.87. The molecule has 5 heteroatoms. The number of nitrogens with one attached hydrogen (secondary N) is 1. The summed E-state index contributed by atoms with van der Waals surface area (Å²) < 4.78 is 6.64. The zero-order valence-corrected chi connectivity index (χ0v) is 11.5. The number of hydrogen-bond acceptors (Lipinski definition) is 4. The predicted molar refractivity (Wildman–Crippen MR) is 70.2 cm³/mol. The van der Waals surface area contributed by atoms with Crippen molar-refractivity contribution < 1.29 is 9.53 Å². The summed E-state index contributed by atoms with van der Waals surface area (Å²) in [5.74, 6) is -0.202. The van der Waals surface area contributed by atoms with Gasteiger partial charge in [0, 0.05) is 24.3 Å². The van der Waals surface area contributed by atoms with Crippen molar-refractivity contribution in [1.29, 1.82) is 0 Å². The number of ether oxygens (including phenoxy) is 1. The number of aryl methyl sites for hydroxylation is 1. The first kappa shape index (κ1) is 14.7. The molecule has 1 rings (SSSR count). The van der Waals surface area contributed by atoms with E-state index in [9.17, 15) is 4.79 Å². The number of carbonyl (C=O) groups excluding carboxylic acids is 1. The highest BCUT2D eigenvalue weighted by Gasteiger charge is 2.17. The lowest BCUT2D eigenvalue weighted by Crippen LogP contribution is -2.24. The Labute approximate surface area is 109 Å². The van der Waals surface area contributed by atoms with Crippen LogP contribution < -0.4 is 5.32 Å². The van der Waals surface area contributed by atoms with Crippen LogP contribution in [-0.2, 0) is 16.1 Å². The summed E-state index contributed by atoms with van der Waals surface area (Å²) in [4.78, 5) is 11.4. The molecule has 0 aliphatic rings. The molecule has 0 fully saturated rings. The van der Waals surface area contributed by atoms with E-state index >= 15 is 0 Å². The molecule has 0 aromatic carbocycles. The van der Waals surface area contributed by atoms with Crippen LogP contribution in [-0.4, -0.2) is 29.4 Å². The van der Waals surface area contributed by atoms with Gasteiger partial charge in [-0.05, 0) is 19.4 Å². The summed E-state index contributed by atoms with van der Waals surface area (Å²) in [6.07, 6.45) is 6.24. The van der Waals surface area contributed by atoms with Crippen LogP contribution in [0.25, 0.3) is 0 Å². The van der Waals surface area contributed by atoms with Crippen molar-refractivity contribution in [3.8, 4) is 0 Å². The van der Waals surface area contributed by atoms with Crippen molar-refractivity contribution in [2.24, 2.45) is 0 Å². The molecule has 0 aliphatic heterocycles. The molecule has 0 bridgehead atoms. The van der Waals surface area contributed by atoms with Gasteiger partial charge in [-0.15, -0.1) is 0 Å². The highest BCUT2D eigenvalue weighted by molar-refractivity contribution is 5.70. The lowest BCUT2D eigenvalue weighted by molar-refractivity contribution is -0.141. The molecular weight excluding hydrogens is 230 g/mol. The quantitative estimate of drug-likeness (QED) is 0.719. The zero-order chi connectivity index (χ0) is 13.4. The summed E-state index contributed by atoms with van der Waals surface area (Å²) in [5.41, 5.74) is 1.04. The molecule has 0 saturated carbocycles. The fraction of sp³-hybridized carbons (Fsp3) is 0.692. The van der Waals surface area contributed by atoms with Gasteiger partial charge in [0.05, 0.1) is 19.7 Å². The average Bonchev–Trinajstić information content (AvgIpc) is 2.83. The Balaban J connectivity index is 2.69. The van der Waals surface area contributed by atoms with E-state index in [4.69, 9.17) is 4.74 Å². The first-order valence-electron chi connectivity index (χ1n) is 6.53. The minimum absolute atomic E-state index is 0.0111. The molecule has 1 aromatic heterocycles. The van der Waals surface area contributed by atoms with Crippen LogP contribution in [0.3, 0.4) is 0 Å². The van der Waals surface area contributed by atoms with Gasteiger partial charge in [-0.3, -0.25) is 9.48 Å². The number of nitrogens with zero attached hydrogens (tertiary/aromatic N) is 2. The van der Waals surface area contributed by atoms with E-state index < -0.39 is 0 Å². The van der Waals surface area contributed by atoms with Crippen LogP contribution in [0.1, 0.15) is 44.7 Å². The fourth-order valence-electron chi connectivity index (χ4n) is 1.79. The van der Waals surface area contributed by atoms with E-state index in [2.05, 4.69) is 24.3 Å². The molecular formula is C13H23N3O2. The van der Waals surface area contributed by atoms with E-state index in [0.717, 1.165) is 31.5 Å². The molecule has 5 nitrogen and oxygen atoms in total. The third-order valence-electron chi connectivity index (χ3n) is 2.75. The minimum atomic E-state index is -0.202. The monoisotopic (exact) mass is 253 g/mol. The Morgan fingerprint density at radius 3 is 2.89 bits per heavy atom. The molecule has 1 unspecified atom stereocenters. The molecule has 1 heterocycles. The van der Waals surface area contributed by atoms with Crippen molar-refractivity contribution in [2.45, 2.75) is 45.7 Å². The van der Waals surface area contributed by atoms with Crippen molar-refractivity contribution in [1.82, 2.24) is 15.1 Å². The highest BCUT2D eigenvalue weighted by Crippen LogP contribution is 2.17. The van der Waals surface area contributed by atoms with Crippen LogP contribution >= 0.6 is 0 Å². The molecule has 0 amide bonds. The highest BCUT2D eigenvalue weighted by atomic mass is 16.5. The van der Waals surface area contributed by atoms with Gasteiger partial charge in [-0.25, -0.2) is 0 Å². The number of esters is 1.